The molecule has 0 spiro atoms. The molecule has 260 valence electrons. The van der Waals surface area contributed by atoms with Crippen molar-refractivity contribution in [1.82, 2.24) is 10.2 Å². The molecule has 13 heteroatoms. The highest BCUT2D eigenvalue weighted by Crippen LogP contribution is 2.38. The summed E-state index contributed by atoms with van der Waals surface area (Å²) in [6.45, 7) is 6.10. The fourth-order valence-corrected chi connectivity index (χ4v) is 7.17. The van der Waals surface area contributed by atoms with Crippen LogP contribution in [0, 0.1) is 6.92 Å². The van der Waals surface area contributed by atoms with Crippen LogP contribution < -0.4 is 9.62 Å². The number of rotatable bonds is 11. The monoisotopic (exact) mass is 777 g/mol. The van der Waals surface area contributed by atoms with E-state index in [4.69, 9.17) is 11.6 Å². The van der Waals surface area contributed by atoms with E-state index in [0.717, 1.165) is 23.3 Å². The number of nitrogens with one attached hydrogen (secondary N) is 1. The minimum atomic E-state index is -4.91. The minimum absolute atomic E-state index is 0.0758. The topological polar surface area (TPSA) is 86.8 Å². The normalized spacial score (nSPS) is 12.7. The third-order valence-corrected chi connectivity index (χ3v) is 10.1. The number of aryl methyl sites for hydroxylation is 1. The number of hydrogen-bond donors (Lipinski definition) is 1. The molecular formula is C36H36BrClF3N3O4S. The molecule has 0 saturated heterocycles. The number of benzene rings is 4. The van der Waals surface area contributed by atoms with E-state index in [-0.39, 0.29) is 17.9 Å². The van der Waals surface area contributed by atoms with Crippen molar-refractivity contribution in [3.63, 3.8) is 0 Å². The molecule has 4 aromatic carbocycles. The van der Waals surface area contributed by atoms with E-state index in [2.05, 4.69) is 21.2 Å². The summed E-state index contributed by atoms with van der Waals surface area (Å²) in [6.07, 6.45) is -4.83. The molecule has 0 heterocycles. The van der Waals surface area contributed by atoms with Gasteiger partial charge in [0.15, 0.2) is 0 Å². The zero-order chi connectivity index (χ0) is 36.1. The van der Waals surface area contributed by atoms with Gasteiger partial charge in [-0.05, 0) is 81.3 Å². The first kappa shape index (κ1) is 37.9. The van der Waals surface area contributed by atoms with Gasteiger partial charge in [-0.2, -0.15) is 13.2 Å². The maximum atomic E-state index is 14.6. The molecule has 0 fully saturated rings. The zero-order valence-corrected chi connectivity index (χ0v) is 30.4. The molecule has 0 aliphatic rings. The van der Waals surface area contributed by atoms with Gasteiger partial charge >= 0.3 is 6.18 Å². The molecule has 0 saturated carbocycles. The van der Waals surface area contributed by atoms with Crippen LogP contribution in [0.2, 0.25) is 5.02 Å². The number of halogens is 5. The molecule has 0 aliphatic carbocycles. The Labute approximate surface area is 298 Å². The Hall–Kier alpha value is -3.87. The second-order valence-corrected chi connectivity index (χ2v) is 15.8. The summed E-state index contributed by atoms with van der Waals surface area (Å²) in [5.74, 6) is -1.30. The van der Waals surface area contributed by atoms with E-state index < -0.39 is 62.4 Å². The number of nitrogens with zero attached hydrogens (tertiary/aromatic N) is 2. The van der Waals surface area contributed by atoms with Crippen molar-refractivity contribution in [2.45, 2.75) is 63.3 Å². The second kappa shape index (κ2) is 15.3. The van der Waals surface area contributed by atoms with Crippen LogP contribution >= 0.6 is 27.5 Å². The Kier molecular flexibility index (Phi) is 11.9. The third-order valence-electron chi connectivity index (χ3n) is 7.44. The largest absolute Gasteiger partial charge is 0.417 e. The lowest BCUT2D eigenvalue weighted by atomic mass is 10.0. The molecule has 0 aliphatic heterocycles. The van der Waals surface area contributed by atoms with Gasteiger partial charge in [-0.1, -0.05) is 87.7 Å². The molecule has 0 aromatic heterocycles. The van der Waals surface area contributed by atoms with Gasteiger partial charge < -0.3 is 10.2 Å². The highest BCUT2D eigenvalue weighted by atomic mass is 79.9. The highest BCUT2D eigenvalue weighted by Gasteiger charge is 2.38. The first-order valence-electron chi connectivity index (χ1n) is 15.2. The first-order valence-corrected chi connectivity index (χ1v) is 17.8. The smallest absolute Gasteiger partial charge is 0.350 e. The summed E-state index contributed by atoms with van der Waals surface area (Å²) < 4.78 is 71.7. The van der Waals surface area contributed by atoms with E-state index in [1.807, 2.05) is 6.07 Å². The first-order chi connectivity index (χ1) is 22.8. The molecule has 4 aromatic rings. The van der Waals surface area contributed by atoms with Crippen molar-refractivity contribution in [1.29, 1.82) is 0 Å². The summed E-state index contributed by atoms with van der Waals surface area (Å²) in [5, 5.41) is 2.30. The minimum Gasteiger partial charge on any atom is -0.350 e. The van der Waals surface area contributed by atoms with E-state index >= 15 is 0 Å². The third kappa shape index (κ3) is 10.1. The van der Waals surface area contributed by atoms with Gasteiger partial charge in [0.1, 0.15) is 12.6 Å². The Bertz CT molecular complexity index is 1900. The molecule has 4 rings (SSSR count). The number of alkyl halides is 3. The van der Waals surface area contributed by atoms with Gasteiger partial charge in [-0.3, -0.25) is 13.9 Å². The Morgan fingerprint density at radius 2 is 1.51 bits per heavy atom. The number of carbonyl (C=O) groups is 2. The van der Waals surface area contributed by atoms with Crippen LogP contribution in [-0.2, 0) is 38.8 Å². The summed E-state index contributed by atoms with van der Waals surface area (Å²) >= 11 is 9.32. The summed E-state index contributed by atoms with van der Waals surface area (Å²) in [4.78, 5) is 29.6. The van der Waals surface area contributed by atoms with Crippen LogP contribution in [0.15, 0.2) is 106 Å². The summed E-state index contributed by atoms with van der Waals surface area (Å²) in [7, 11) is -4.62. The lowest BCUT2D eigenvalue weighted by Gasteiger charge is -2.35. The average Bonchev–Trinajstić information content (AvgIpc) is 3.01. The molecule has 2 amide bonds. The quantitative estimate of drug-likeness (QED) is 0.167. The van der Waals surface area contributed by atoms with Gasteiger partial charge in [-0.15, -0.1) is 0 Å². The van der Waals surface area contributed by atoms with Crippen molar-refractivity contribution in [2.24, 2.45) is 0 Å². The SMILES string of the molecule is Cc1ccc(S(=O)(=O)N(CC(=O)N(Cc2cccc(Br)c2)[C@@H](Cc2ccccc2)C(=O)NC(C)(C)C)c2ccc(Cl)c(C(F)(F)F)c2)cc1. The van der Waals surface area contributed by atoms with Crippen molar-refractivity contribution < 1.29 is 31.2 Å². The number of amides is 2. The van der Waals surface area contributed by atoms with Crippen molar-refractivity contribution in [3.8, 4) is 0 Å². The van der Waals surface area contributed by atoms with Gasteiger partial charge in [0.05, 0.1) is 21.2 Å². The lowest BCUT2D eigenvalue weighted by Crippen LogP contribution is -2.56. The van der Waals surface area contributed by atoms with Crippen LogP contribution in [0.5, 0.6) is 0 Å². The summed E-state index contributed by atoms with van der Waals surface area (Å²) in [6, 6.07) is 23.3. The van der Waals surface area contributed by atoms with Crippen LogP contribution in [-0.4, -0.2) is 43.3 Å². The summed E-state index contributed by atoms with van der Waals surface area (Å²) in [5.41, 5.74) is -0.258. The van der Waals surface area contributed by atoms with Crippen LogP contribution in [0.25, 0.3) is 0 Å². The molecule has 49 heavy (non-hydrogen) atoms. The maximum Gasteiger partial charge on any atom is 0.417 e. The van der Waals surface area contributed by atoms with Gasteiger partial charge in [0, 0.05) is 23.0 Å². The van der Waals surface area contributed by atoms with Gasteiger partial charge in [-0.25, -0.2) is 8.42 Å². The van der Waals surface area contributed by atoms with Crippen molar-refractivity contribution >= 4 is 55.1 Å². The number of sulfonamides is 1. The standard InChI is InChI=1S/C36H36BrClF3N3O4S/c1-24-13-16-29(17-14-24)49(47,48)44(28-15-18-31(38)30(21-28)36(39,40)41)23-33(45)43(22-26-11-8-12-27(37)19-26)32(34(46)42-35(2,3)4)20-25-9-6-5-7-10-25/h5-19,21,32H,20,22-23H2,1-4H3,(H,42,46)/t32-/m0/s1. The molecule has 0 unspecified atom stereocenters. The molecule has 0 bridgehead atoms. The van der Waals surface area contributed by atoms with Crippen molar-refractivity contribution in [2.75, 3.05) is 10.8 Å². The predicted octanol–water partition coefficient (Wildman–Crippen LogP) is 8.18. The Morgan fingerprint density at radius 1 is 0.878 bits per heavy atom. The van der Waals surface area contributed by atoms with Crippen LogP contribution in [0.3, 0.4) is 0 Å². The van der Waals surface area contributed by atoms with E-state index in [9.17, 15) is 31.2 Å². The predicted molar refractivity (Wildman–Crippen MR) is 189 cm³/mol. The molecule has 1 N–H and O–H groups in total. The Balaban J connectivity index is 1.88. The maximum absolute atomic E-state index is 14.6. The van der Waals surface area contributed by atoms with Crippen LogP contribution in [0.1, 0.15) is 43.0 Å². The van der Waals surface area contributed by atoms with Gasteiger partial charge in [0.2, 0.25) is 11.8 Å². The molecule has 1 atom stereocenters. The van der Waals surface area contributed by atoms with E-state index in [1.54, 1.807) is 88.4 Å². The fraction of sp³-hybridized carbons (Fsp3) is 0.278. The lowest BCUT2D eigenvalue weighted by molar-refractivity contribution is -0.140. The van der Waals surface area contributed by atoms with Crippen molar-refractivity contribution in [3.05, 3.63) is 129 Å². The second-order valence-electron chi connectivity index (χ2n) is 12.6. The molecule has 7 nitrogen and oxygen atoms in total. The fourth-order valence-electron chi connectivity index (χ4n) is 5.09. The van der Waals surface area contributed by atoms with Gasteiger partial charge in [0.25, 0.3) is 10.0 Å². The van der Waals surface area contributed by atoms with E-state index in [0.29, 0.717) is 20.4 Å². The zero-order valence-electron chi connectivity index (χ0n) is 27.3. The average molecular weight is 779 g/mol. The van der Waals surface area contributed by atoms with Crippen LogP contribution in [0.4, 0.5) is 18.9 Å². The highest BCUT2D eigenvalue weighted by molar-refractivity contribution is 9.10. The molecule has 0 radical (unpaired) electrons. The number of carbonyl (C=O) groups excluding carboxylic acids is 2. The van der Waals surface area contributed by atoms with E-state index in [1.165, 1.54) is 17.0 Å². The number of anilines is 1. The number of hydrogen-bond acceptors (Lipinski definition) is 4. The molecular weight excluding hydrogens is 743 g/mol. The Morgan fingerprint density at radius 3 is 2.10 bits per heavy atom.